The molecular weight excluding hydrogens is 794 g/mol. The summed E-state index contributed by atoms with van der Waals surface area (Å²) in [6, 6.07) is 16.1. The molecule has 4 heterocycles. The molecule has 320 valence electrons. The fourth-order valence-corrected chi connectivity index (χ4v) is 7.62. The standard InChI is InChI=1S/C44H45N3O14/c1-4-34(50)44(56)39(52)33(22-58-42(55)36(41(53)54)45-13-5-15-48)60-43(40(44)61-47-20-26-12-14-46-35(26)37(47)27-17-23(2)16-24(3)18-27)59-29-10-11-30-32(19-29)57-21-31(38(30)51)25-6-8-28(49)9-7-25/h6-12,14-21,33-34,36,39-40,43,45-46,49-50,52,56H,4-5,13,22H2,1-3H3,(H,53,54). The molecule has 0 aliphatic carbocycles. The van der Waals surface area contributed by atoms with Crippen molar-refractivity contribution in [2.45, 2.75) is 76.0 Å². The maximum Gasteiger partial charge on any atom is 0.334 e. The minimum absolute atomic E-state index is 0.0256. The minimum Gasteiger partial charge on any atom is -0.508 e. The molecule has 1 aliphatic heterocycles. The van der Waals surface area contributed by atoms with Gasteiger partial charge in [0, 0.05) is 36.2 Å². The number of phenols is 1. The Labute approximate surface area is 347 Å². The first-order valence-corrected chi connectivity index (χ1v) is 19.5. The number of carboxylic acid groups (broad SMARTS) is 1. The summed E-state index contributed by atoms with van der Waals surface area (Å²) in [4.78, 5) is 59.1. The van der Waals surface area contributed by atoms with Crippen molar-refractivity contribution >= 4 is 40.1 Å². The van der Waals surface area contributed by atoms with Crippen LogP contribution in [0.4, 0.5) is 0 Å². The Hall–Kier alpha value is -6.50. The smallest absolute Gasteiger partial charge is 0.334 e. The summed E-state index contributed by atoms with van der Waals surface area (Å²) >= 11 is 0. The number of aldehydes is 1. The summed E-state index contributed by atoms with van der Waals surface area (Å²) in [5.74, 6) is -2.81. The van der Waals surface area contributed by atoms with Crippen molar-refractivity contribution < 1.29 is 63.4 Å². The second kappa shape index (κ2) is 17.6. The summed E-state index contributed by atoms with van der Waals surface area (Å²) in [6.07, 6.45) is -3.85. The number of rotatable bonds is 16. The Balaban J connectivity index is 1.29. The Bertz CT molecular complexity index is 2600. The van der Waals surface area contributed by atoms with Gasteiger partial charge in [-0.25, -0.2) is 9.59 Å². The van der Waals surface area contributed by atoms with E-state index >= 15 is 0 Å². The van der Waals surface area contributed by atoms with Gasteiger partial charge in [0.2, 0.25) is 18.4 Å². The maximum absolute atomic E-state index is 13.6. The Morgan fingerprint density at radius 2 is 1.79 bits per heavy atom. The number of aryl methyl sites for hydroxylation is 2. The number of aliphatic hydroxyl groups excluding tert-OH is 2. The number of aromatic amines is 1. The molecule has 1 fully saturated rings. The van der Waals surface area contributed by atoms with Gasteiger partial charge in [0.05, 0.1) is 28.8 Å². The zero-order chi connectivity index (χ0) is 43.6. The first kappa shape index (κ1) is 42.6. The molecule has 17 nitrogen and oxygen atoms in total. The molecule has 0 radical (unpaired) electrons. The average Bonchev–Trinajstić information content (AvgIpc) is 3.82. The van der Waals surface area contributed by atoms with E-state index in [1.54, 1.807) is 31.5 Å². The fraction of sp³-hybridized carbons (Fsp3) is 0.318. The molecule has 17 heteroatoms. The number of fused-ring (bicyclic) bond motifs is 2. The van der Waals surface area contributed by atoms with Gasteiger partial charge in [-0.05, 0) is 68.3 Å². The summed E-state index contributed by atoms with van der Waals surface area (Å²) in [6.45, 7) is 4.48. The quantitative estimate of drug-likeness (QED) is 0.0319. The van der Waals surface area contributed by atoms with Crippen molar-refractivity contribution in [1.29, 1.82) is 0 Å². The van der Waals surface area contributed by atoms with Gasteiger partial charge in [0.25, 0.3) is 0 Å². The fourth-order valence-electron chi connectivity index (χ4n) is 7.62. The number of nitrogens with zero attached hydrogens (tertiary/aromatic N) is 1. The number of aromatic hydroxyl groups is 1. The lowest BCUT2D eigenvalue weighted by atomic mass is 9.78. The van der Waals surface area contributed by atoms with Gasteiger partial charge in [-0.1, -0.05) is 36.2 Å². The molecule has 61 heavy (non-hydrogen) atoms. The maximum atomic E-state index is 13.6. The molecule has 7 atom stereocenters. The number of nitrogens with one attached hydrogen (secondary N) is 2. The number of carboxylic acids is 1. The van der Waals surface area contributed by atoms with Crippen molar-refractivity contribution in [2.75, 3.05) is 13.2 Å². The molecule has 1 saturated heterocycles. The average molecular weight is 840 g/mol. The van der Waals surface area contributed by atoms with Gasteiger partial charge in [0.15, 0.2) is 11.0 Å². The number of hydrogen-bond acceptors (Lipinski definition) is 14. The van der Waals surface area contributed by atoms with Crippen LogP contribution < -0.4 is 20.3 Å². The lowest BCUT2D eigenvalue weighted by molar-refractivity contribution is -0.340. The predicted molar refractivity (Wildman–Crippen MR) is 219 cm³/mol. The second-order valence-corrected chi connectivity index (χ2v) is 14.9. The Morgan fingerprint density at radius 3 is 2.48 bits per heavy atom. The third-order valence-corrected chi connectivity index (χ3v) is 10.6. The molecule has 0 saturated carbocycles. The largest absolute Gasteiger partial charge is 0.508 e. The van der Waals surface area contributed by atoms with E-state index in [0.717, 1.165) is 22.1 Å². The van der Waals surface area contributed by atoms with Gasteiger partial charge in [-0.3, -0.25) is 10.1 Å². The molecule has 1 aliphatic rings. The van der Waals surface area contributed by atoms with Crippen molar-refractivity contribution in [3.05, 3.63) is 107 Å². The monoisotopic (exact) mass is 839 g/mol. The predicted octanol–water partition coefficient (Wildman–Crippen LogP) is 3.37. The molecular formula is C44H45N3O14. The summed E-state index contributed by atoms with van der Waals surface area (Å²) in [5.41, 5.74) is 1.71. The number of carbonyl (C=O) groups is 3. The number of aliphatic carboxylic acids is 1. The van der Waals surface area contributed by atoms with Crippen LogP contribution in [0.1, 0.15) is 30.9 Å². The Morgan fingerprint density at radius 1 is 1.05 bits per heavy atom. The van der Waals surface area contributed by atoms with E-state index in [1.807, 2.05) is 38.1 Å². The lowest BCUT2D eigenvalue weighted by Gasteiger charge is -2.50. The molecule has 6 aromatic rings. The van der Waals surface area contributed by atoms with Gasteiger partial charge >= 0.3 is 11.9 Å². The minimum atomic E-state index is -2.62. The van der Waals surface area contributed by atoms with Gasteiger partial charge in [-0.2, -0.15) is 4.73 Å². The molecule has 0 spiro atoms. The van der Waals surface area contributed by atoms with E-state index in [4.69, 9.17) is 23.5 Å². The normalized spacial score (nSPS) is 21.2. The van der Waals surface area contributed by atoms with Crippen LogP contribution in [0.2, 0.25) is 0 Å². The van der Waals surface area contributed by atoms with Gasteiger partial charge in [0.1, 0.15) is 54.1 Å². The second-order valence-electron chi connectivity index (χ2n) is 14.9. The molecule has 0 amide bonds. The van der Waals surface area contributed by atoms with E-state index in [0.29, 0.717) is 23.1 Å². The number of carbonyl (C=O) groups excluding carboxylic acids is 2. The number of hydrogen-bond donors (Lipinski definition) is 7. The highest BCUT2D eigenvalue weighted by molar-refractivity contribution is 5.98. The van der Waals surface area contributed by atoms with Crippen LogP contribution in [0.3, 0.4) is 0 Å². The van der Waals surface area contributed by atoms with Crippen LogP contribution in [0.25, 0.3) is 44.3 Å². The number of aromatic nitrogens is 2. The summed E-state index contributed by atoms with van der Waals surface area (Å²) in [7, 11) is 0. The number of phenolic OH excluding ortho intramolecular Hbond substituents is 1. The lowest BCUT2D eigenvalue weighted by Crippen LogP contribution is -2.74. The number of ether oxygens (including phenoxy) is 3. The van der Waals surface area contributed by atoms with Crippen LogP contribution in [0.15, 0.2) is 94.6 Å². The van der Waals surface area contributed by atoms with Crippen LogP contribution in [0, 0.1) is 13.8 Å². The van der Waals surface area contributed by atoms with Gasteiger partial charge in [-0.15, -0.1) is 0 Å². The van der Waals surface area contributed by atoms with Crippen molar-refractivity contribution in [1.82, 2.24) is 15.0 Å². The first-order chi connectivity index (χ1) is 29.2. The van der Waals surface area contributed by atoms with E-state index in [-0.39, 0.29) is 52.8 Å². The van der Waals surface area contributed by atoms with Crippen LogP contribution in [-0.2, 0) is 23.9 Å². The molecule has 0 bridgehead atoms. The van der Waals surface area contributed by atoms with Crippen molar-refractivity contribution in [3.63, 3.8) is 0 Å². The highest BCUT2D eigenvalue weighted by Crippen LogP contribution is 2.39. The highest BCUT2D eigenvalue weighted by atomic mass is 16.8. The number of H-pyrrole nitrogens is 1. The van der Waals surface area contributed by atoms with Crippen molar-refractivity contribution in [2.24, 2.45) is 0 Å². The topological polar surface area (TPSA) is 252 Å². The zero-order valence-corrected chi connectivity index (χ0v) is 33.3. The summed E-state index contributed by atoms with van der Waals surface area (Å²) < 4.78 is 25.1. The first-order valence-electron chi connectivity index (χ1n) is 19.5. The van der Waals surface area contributed by atoms with E-state index in [2.05, 4.69) is 10.3 Å². The van der Waals surface area contributed by atoms with Gasteiger partial charge < -0.3 is 58.8 Å². The SMILES string of the molecule is CCC(O)C1(O)C(O)C(COC(=O)C(NCCC=O)C(=O)O)OC(Oc2ccc3c(=O)c(-c4ccc(O)cc4)coc3c2)C1On1cc2cc[nH]c2c1-c1cc(C)cc(C)c1. The molecule has 7 unspecified atom stereocenters. The van der Waals surface area contributed by atoms with E-state index in [9.17, 15) is 44.7 Å². The molecule has 7 rings (SSSR count). The van der Waals surface area contributed by atoms with Crippen LogP contribution in [0.5, 0.6) is 11.5 Å². The highest BCUT2D eigenvalue weighted by Gasteiger charge is 2.62. The van der Waals surface area contributed by atoms with E-state index < -0.39 is 60.9 Å². The zero-order valence-electron chi connectivity index (χ0n) is 33.3. The molecule has 3 aromatic heterocycles. The molecule has 7 N–H and O–H groups in total. The third kappa shape index (κ3) is 8.46. The third-order valence-electron chi connectivity index (χ3n) is 10.6. The van der Waals surface area contributed by atoms with E-state index in [1.165, 1.54) is 41.3 Å². The van der Waals surface area contributed by atoms with Crippen molar-refractivity contribution in [3.8, 4) is 33.9 Å². The number of aliphatic hydroxyl groups is 3. The summed E-state index contributed by atoms with van der Waals surface area (Å²) in [5, 5.41) is 58.8. The number of benzene rings is 3. The van der Waals surface area contributed by atoms with Crippen LogP contribution in [-0.4, -0.2) is 109 Å². The Kier molecular flexibility index (Phi) is 12.3. The molecule has 3 aromatic carbocycles. The number of esters is 1. The van der Waals surface area contributed by atoms with Crippen LogP contribution >= 0.6 is 0 Å².